The highest BCUT2D eigenvalue weighted by Gasteiger charge is 2.60. The molecule has 24 heavy (non-hydrogen) atoms. The van der Waals surface area contributed by atoms with Crippen molar-refractivity contribution in [2.24, 2.45) is 46.3 Å². The van der Waals surface area contributed by atoms with Crippen molar-refractivity contribution in [1.29, 1.82) is 0 Å². The van der Waals surface area contributed by atoms with Gasteiger partial charge in [-0.25, -0.2) is 0 Å². The van der Waals surface area contributed by atoms with Gasteiger partial charge in [0.1, 0.15) is 5.78 Å². The van der Waals surface area contributed by atoms with Crippen molar-refractivity contribution in [3.8, 4) is 0 Å². The van der Waals surface area contributed by atoms with Gasteiger partial charge < -0.3 is 0 Å². The van der Waals surface area contributed by atoms with Crippen LogP contribution in [0.1, 0.15) is 91.9 Å². The molecule has 4 fully saturated rings. The summed E-state index contributed by atoms with van der Waals surface area (Å²) in [5.74, 6) is 5.98. The lowest BCUT2D eigenvalue weighted by Gasteiger charge is -2.60. The first kappa shape index (κ1) is 17.1. The Morgan fingerprint density at radius 3 is 2.50 bits per heavy atom. The van der Waals surface area contributed by atoms with Crippen LogP contribution in [-0.2, 0) is 4.79 Å². The van der Waals surface area contributed by atoms with Crippen LogP contribution < -0.4 is 0 Å². The highest BCUT2D eigenvalue weighted by molar-refractivity contribution is 5.79. The molecule has 0 bridgehead atoms. The number of hydrogen-bond acceptors (Lipinski definition) is 1. The van der Waals surface area contributed by atoms with E-state index in [0.29, 0.717) is 22.5 Å². The molecule has 0 amide bonds. The van der Waals surface area contributed by atoms with Gasteiger partial charge in [0, 0.05) is 12.8 Å². The Morgan fingerprint density at radius 1 is 1.00 bits per heavy atom. The van der Waals surface area contributed by atoms with E-state index in [2.05, 4.69) is 27.7 Å². The van der Waals surface area contributed by atoms with Crippen LogP contribution in [0, 0.1) is 46.3 Å². The van der Waals surface area contributed by atoms with Gasteiger partial charge in [0.2, 0.25) is 0 Å². The van der Waals surface area contributed by atoms with E-state index in [-0.39, 0.29) is 0 Å². The van der Waals surface area contributed by atoms with E-state index in [9.17, 15) is 4.79 Å². The number of hydrogen-bond donors (Lipinski definition) is 0. The second-order valence-corrected chi connectivity index (χ2v) is 10.5. The molecule has 0 aromatic heterocycles. The molecule has 0 heterocycles. The van der Waals surface area contributed by atoms with Crippen LogP contribution in [0.15, 0.2) is 0 Å². The average molecular weight is 331 g/mol. The summed E-state index contributed by atoms with van der Waals surface area (Å²) < 4.78 is 0. The van der Waals surface area contributed by atoms with Gasteiger partial charge in [-0.3, -0.25) is 4.79 Å². The van der Waals surface area contributed by atoms with Gasteiger partial charge in [-0.15, -0.1) is 0 Å². The predicted octanol–water partition coefficient (Wildman–Crippen LogP) is 6.26. The highest BCUT2D eigenvalue weighted by Crippen LogP contribution is 2.68. The Kier molecular flexibility index (Phi) is 4.17. The fourth-order valence-electron chi connectivity index (χ4n) is 8.31. The summed E-state index contributed by atoms with van der Waals surface area (Å²) in [7, 11) is 0. The molecule has 1 nitrogen and oxygen atoms in total. The van der Waals surface area contributed by atoms with Crippen molar-refractivity contribution < 1.29 is 4.79 Å². The molecule has 0 aromatic carbocycles. The third kappa shape index (κ3) is 2.28. The maximum atomic E-state index is 12.0. The van der Waals surface area contributed by atoms with Gasteiger partial charge in [0.05, 0.1) is 0 Å². The lowest BCUT2D eigenvalue weighted by molar-refractivity contribution is -0.140. The minimum Gasteiger partial charge on any atom is -0.300 e. The van der Waals surface area contributed by atoms with Crippen LogP contribution in [0.3, 0.4) is 0 Å². The molecule has 0 aromatic rings. The Labute approximate surface area is 149 Å². The monoisotopic (exact) mass is 330 g/mol. The molecule has 8 atom stereocenters. The first-order valence-electron chi connectivity index (χ1n) is 10.9. The summed E-state index contributed by atoms with van der Waals surface area (Å²) in [6.45, 7) is 10.1. The Bertz CT molecular complexity index is 510. The quantitative estimate of drug-likeness (QED) is 0.584. The van der Waals surface area contributed by atoms with E-state index in [1.165, 1.54) is 51.4 Å². The molecule has 0 saturated heterocycles. The molecule has 1 unspecified atom stereocenters. The molecule has 0 aliphatic heterocycles. The highest BCUT2D eigenvalue weighted by atomic mass is 16.1. The number of ketones is 1. The topological polar surface area (TPSA) is 17.1 Å². The first-order chi connectivity index (χ1) is 11.4. The van der Waals surface area contributed by atoms with Crippen LogP contribution in [0.4, 0.5) is 0 Å². The zero-order valence-electron chi connectivity index (χ0n) is 16.4. The van der Waals surface area contributed by atoms with Gasteiger partial charge >= 0.3 is 0 Å². The zero-order chi connectivity index (χ0) is 17.1. The standard InChI is InChI=1S/C23H38O/c1-5-15(2)19-8-9-20-18-7-6-16-14-17(24)10-12-22(16,3)21(18)11-13-23(19,20)4/h15-16,18-21H,5-14H2,1-4H3/t15?,16-,18-,19+,20-,21-,22-,23+/m0/s1. The Balaban J connectivity index is 1.60. The fourth-order valence-corrected chi connectivity index (χ4v) is 8.31. The molecule has 4 aliphatic carbocycles. The number of carbonyl (C=O) groups is 1. The normalized spacial score (nSPS) is 52.3. The van der Waals surface area contributed by atoms with Crippen molar-refractivity contribution in [3.63, 3.8) is 0 Å². The molecule has 4 saturated carbocycles. The summed E-state index contributed by atoms with van der Waals surface area (Å²) in [4.78, 5) is 12.0. The zero-order valence-corrected chi connectivity index (χ0v) is 16.4. The van der Waals surface area contributed by atoms with Crippen molar-refractivity contribution in [3.05, 3.63) is 0 Å². The molecule has 136 valence electrons. The Morgan fingerprint density at radius 2 is 1.75 bits per heavy atom. The molecule has 4 aliphatic rings. The second-order valence-electron chi connectivity index (χ2n) is 10.5. The minimum absolute atomic E-state index is 0.479. The third-order valence-corrected chi connectivity index (χ3v) is 9.89. The SMILES string of the molecule is CCC(C)[C@H]1CC[C@H]2[C@@H]3CC[C@H]4CC(=O)CC[C@]4(C)[C@H]3CC[C@]12C. The van der Waals surface area contributed by atoms with Crippen LogP contribution in [0.2, 0.25) is 0 Å². The van der Waals surface area contributed by atoms with E-state index >= 15 is 0 Å². The van der Waals surface area contributed by atoms with Crippen molar-refractivity contribution >= 4 is 5.78 Å². The summed E-state index contributed by atoms with van der Waals surface area (Å²) in [6, 6.07) is 0. The largest absolute Gasteiger partial charge is 0.300 e. The third-order valence-electron chi connectivity index (χ3n) is 9.89. The summed E-state index contributed by atoms with van der Waals surface area (Å²) in [5, 5.41) is 0. The van der Waals surface area contributed by atoms with E-state index in [1.54, 1.807) is 0 Å². The van der Waals surface area contributed by atoms with Gasteiger partial charge in [-0.2, -0.15) is 0 Å². The molecular weight excluding hydrogens is 292 g/mol. The maximum Gasteiger partial charge on any atom is 0.133 e. The van der Waals surface area contributed by atoms with Crippen molar-refractivity contribution in [2.45, 2.75) is 91.9 Å². The van der Waals surface area contributed by atoms with Gasteiger partial charge in [-0.05, 0) is 91.3 Å². The van der Waals surface area contributed by atoms with E-state index in [4.69, 9.17) is 0 Å². The van der Waals surface area contributed by atoms with Crippen LogP contribution >= 0.6 is 0 Å². The molecule has 0 spiro atoms. The van der Waals surface area contributed by atoms with Gasteiger partial charge in [0.25, 0.3) is 0 Å². The van der Waals surface area contributed by atoms with E-state index in [1.807, 2.05) is 0 Å². The van der Waals surface area contributed by atoms with Gasteiger partial charge in [-0.1, -0.05) is 34.1 Å². The molecule has 4 rings (SSSR count). The molecule has 0 radical (unpaired) electrons. The number of carbonyl (C=O) groups excluding carboxylic acids is 1. The van der Waals surface area contributed by atoms with Gasteiger partial charge in [0.15, 0.2) is 0 Å². The van der Waals surface area contributed by atoms with E-state index < -0.39 is 0 Å². The van der Waals surface area contributed by atoms with E-state index in [0.717, 1.165) is 42.4 Å². The number of rotatable bonds is 2. The van der Waals surface area contributed by atoms with Crippen molar-refractivity contribution in [1.82, 2.24) is 0 Å². The molecule has 1 heteroatoms. The smallest absolute Gasteiger partial charge is 0.133 e. The lowest BCUT2D eigenvalue weighted by atomic mass is 9.44. The summed E-state index contributed by atoms with van der Waals surface area (Å²) >= 11 is 0. The fraction of sp³-hybridized carbons (Fsp3) is 0.957. The number of Topliss-reactive ketones (excluding diaryl/α,β-unsaturated/α-hetero) is 1. The molecular formula is C23H38O. The molecule has 0 N–H and O–H groups in total. The maximum absolute atomic E-state index is 12.0. The lowest BCUT2D eigenvalue weighted by Crippen LogP contribution is -2.53. The number of fused-ring (bicyclic) bond motifs is 5. The van der Waals surface area contributed by atoms with Crippen LogP contribution in [0.25, 0.3) is 0 Å². The van der Waals surface area contributed by atoms with Crippen molar-refractivity contribution in [2.75, 3.05) is 0 Å². The van der Waals surface area contributed by atoms with Crippen LogP contribution in [0.5, 0.6) is 0 Å². The average Bonchev–Trinajstić information content (AvgIpc) is 2.92. The minimum atomic E-state index is 0.479. The summed E-state index contributed by atoms with van der Waals surface area (Å²) in [5.41, 5.74) is 1.09. The first-order valence-corrected chi connectivity index (χ1v) is 10.9. The second kappa shape index (κ2) is 5.85. The Hall–Kier alpha value is -0.330. The predicted molar refractivity (Wildman–Crippen MR) is 99.7 cm³/mol. The summed E-state index contributed by atoms with van der Waals surface area (Å²) in [6.07, 6.45) is 13.0. The van der Waals surface area contributed by atoms with Crippen LogP contribution in [-0.4, -0.2) is 5.78 Å².